The van der Waals surface area contributed by atoms with Crippen molar-refractivity contribution in [2.45, 2.75) is 46.1 Å². The van der Waals surface area contributed by atoms with Crippen LogP contribution >= 0.6 is 27.3 Å². The summed E-state index contributed by atoms with van der Waals surface area (Å²) in [5, 5.41) is 3.55. The maximum atomic E-state index is 3.71. The number of hydrogen-bond donors (Lipinski definition) is 1. The summed E-state index contributed by atoms with van der Waals surface area (Å²) in [6.07, 6.45) is 4.08. The van der Waals surface area contributed by atoms with Gasteiger partial charge in [-0.15, -0.1) is 11.3 Å². The molecule has 0 aliphatic heterocycles. The minimum absolute atomic E-state index is 0.463. The highest BCUT2D eigenvalue weighted by Crippen LogP contribution is 2.50. The Morgan fingerprint density at radius 2 is 2.24 bits per heavy atom. The molecule has 0 amide bonds. The van der Waals surface area contributed by atoms with Crippen molar-refractivity contribution in [1.29, 1.82) is 0 Å². The van der Waals surface area contributed by atoms with Gasteiger partial charge in [0.05, 0.1) is 0 Å². The van der Waals surface area contributed by atoms with Crippen molar-refractivity contribution in [3.63, 3.8) is 0 Å². The molecule has 1 aromatic heterocycles. The summed E-state index contributed by atoms with van der Waals surface area (Å²) in [5.41, 5.74) is 0.463. The minimum atomic E-state index is 0.463. The van der Waals surface area contributed by atoms with Crippen LogP contribution in [0.2, 0.25) is 0 Å². The predicted octanol–water partition coefficient (Wildman–Crippen LogP) is 4.91. The maximum Gasteiger partial charge on any atom is 0.0457 e. The van der Waals surface area contributed by atoms with E-state index in [0.717, 1.165) is 5.92 Å². The SMILES string of the molecule is CNC(c1sc(C)cc1Br)C1CCCC1(C)C. The summed E-state index contributed by atoms with van der Waals surface area (Å²) < 4.78 is 1.28. The molecule has 2 atom stereocenters. The average Bonchev–Trinajstić information content (AvgIpc) is 2.73. The molecule has 0 aromatic carbocycles. The van der Waals surface area contributed by atoms with Gasteiger partial charge in [0.2, 0.25) is 0 Å². The molecule has 1 aliphatic rings. The van der Waals surface area contributed by atoms with Gasteiger partial charge in [-0.2, -0.15) is 0 Å². The summed E-state index contributed by atoms with van der Waals surface area (Å²) >= 11 is 5.64. The van der Waals surface area contributed by atoms with Crippen LogP contribution in [0.3, 0.4) is 0 Å². The monoisotopic (exact) mass is 315 g/mol. The Bertz CT molecular complexity index is 397. The second-order valence-electron chi connectivity index (χ2n) is 5.82. The van der Waals surface area contributed by atoms with Crippen LogP contribution in [-0.4, -0.2) is 7.05 Å². The van der Waals surface area contributed by atoms with E-state index in [1.165, 1.54) is 33.5 Å². The molecule has 1 aromatic rings. The molecule has 1 fully saturated rings. The molecule has 1 nitrogen and oxygen atoms in total. The largest absolute Gasteiger partial charge is 0.312 e. The molecule has 2 rings (SSSR count). The van der Waals surface area contributed by atoms with Crippen molar-refractivity contribution in [3.8, 4) is 0 Å². The normalized spacial score (nSPS) is 25.1. The molecule has 0 spiro atoms. The topological polar surface area (TPSA) is 12.0 Å². The molecule has 17 heavy (non-hydrogen) atoms. The van der Waals surface area contributed by atoms with Crippen LogP contribution in [0.1, 0.15) is 48.9 Å². The highest BCUT2D eigenvalue weighted by atomic mass is 79.9. The quantitative estimate of drug-likeness (QED) is 0.836. The molecule has 0 radical (unpaired) electrons. The third kappa shape index (κ3) is 2.61. The van der Waals surface area contributed by atoms with Crippen LogP contribution < -0.4 is 5.32 Å². The summed E-state index contributed by atoms with van der Waals surface area (Å²) in [7, 11) is 2.10. The smallest absolute Gasteiger partial charge is 0.0457 e. The fraction of sp³-hybridized carbons (Fsp3) is 0.714. The van der Waals surface area contributed by atoms with E-state index in [4.69, 9.17) is 0 Å². The van der Waals surface area contributed by atoms with Gasteiger partial charge in [0, 0.05) is 20.3 Å². The lowest BCUT2D eigenvalue weighted by Crippen LogP contribution is -2.31. The molecule has 1 N–H and O–H groups in total. The number of halogens is 1. The summed E-state index contributed by atoms with van der Waals surface area (Å²) in [4.78, 5) is 2.87. The van der Waals surface area contributed by atoms with Gasteiger partial charge >= 0.3 is 0 Å². The zero-order chi connectivity index (χ0) is 12.6. The molecule has 2 unspecified atom stereocenters. The highest BCUT2D eigenvalue weighted by Gasteiger charge is 2.40. The van der Waals surface area contributed by atoms with Crippen LogP contribution in [0.25, 0.3) is 0 Å². The van der Waals surface area contributed by atoms with Gasteiger partial charge in [-0.3, -0.25) is 0 Å². The zero-order valence-corrected chi connectivity index (χ0v) is 13.5. The predicted molar refractivity (Wildman–Crippen MR) is 79.7 cm³/mol. The van der Waals surface area contributed by atoms with E-state index in [0.29, 0.717) is 11.5 Å². The van der Waals surface area contributed by atoms with Gasteiger partial charge in [0.1, 0.15) is 0 Å². The number of nitrogens with one attached hydrogen (secondary N) is 1. The van der Waals surface area contributed by atoms with Gasteiger partial charge in [-0.1, -0.05) is 20.3 Å². The first-order valence-electron chi connectivity index (χ1n) is 6.39. The van der Waals surface area contributed by atoms with Crippen molar-refractivity contribution in [3.05, 3.63) is 20.3 Å². The summed E-state index contributed by atoms with van der Waals surface area (Å²) in [6, 6.07) is 2.74. The number of thiophene rings is 1. The summed E-state index contributed by atoms with van der Waals surface area (Å²) in [5.74, 6) is 0.752. The van der Waals surface area contributed by atoms with E-state index in [-0.39, 0.29) is 0 Å². The second kappa shape index (κ2) is 5.02. The highest BCUT2D eigenvalue weighted by molar-refractivity contribution is 9.10. The van der Waals surface area contributed by atoms with Gasteiger partial charge in [0.25, 0.3) is 0 Å². The average molecular weight is 316 g/mol. The first-order chi connectivity index (χ1) is 7.95. The zero-order valence-electron chi connectivity index (χ0n) is 11.1. The van der Waals surface area contributed by atoms with Gasteiger partial charge in [0.15, 0.2) is 0 Å². The van der Waals surface area contributed by atoms with Crippen LogP contribution in [0, 0.1) is 18.3 Å². The molecule has 3 heteroatoms. The Morgan fingerprint density at radius 1 is 1.53 bits per heavy atom. The van der Waals surface area contributed by atoms with E-state index < -0.39 is 0 Å². The maximum absolute atomic E-state index is 3.71. The molecular formula is C14H22BrNS. The molecule has 1 aliphatic carbocycles. The third-order valence-corrected chi connectivity index (χ3v) is 6.22. The number of rotatable bonds is 3. The van der Waals surface area contributed by atoms with Crippen LogP contribution in [0.15, 0.2) is 10.5 Å². The Morgan fingerprint density at radius 3 is 2.65 bits per heavy atom. The summed E-state index contributed by atoms with van der Waals surface area (Å²) in [6.45, 7) is 7.03. The fourth-order valence-corrected chi connectivity index (χ4v) is 5.27. The fourth-order valence-electron chi connectivity index (χ4n) is 3.20. The van der Waals surface area contributed by atoms with Crippen molar-refractivity contribution in [2.75, 3.05) is 7.05 Å². The molecule has 1 saturated carbocycles. The molecule has 96 valence electrons. The molecule has 0 saturated heterocycles. The van der Waals surface area contributed by atoms with Crippen LogP contribution in [0.5, 0.6) is 0 Å². The minimum Gasteiger partial charge on any atom is -0.312 e. The van der Waals surface area contributed by atoms with E-state index in [1.54, 1.807) is 0 Å². The van der Waals surface area contributed by atoms with Gasteiger partial charge in [-0.25, -0.2) is 0 Å². The van der Waals surface area contributed by atoms with Crippen LogP contribution in [-0.2, 0) is 0 Å². The van der Waals surface area contributed by atoms with Crippen molar-refractivity contribution < 1.29 is 0 Å². The number of hydrogen-bond acceptors (Lipinski definition) is 2. The molecular weight excluding hydrogens is 294 g/mol. The van der Waals surface area contributed by atoms with Gasteiger partial charge < -0.3 is 5.32 Å². The van der Waals surface area contributed by atoms with Crippen molar-refractivity contribution in [2.24, 2.45) is 11.3 Å². The molecule has 0 bridgehead atoms. The lowest BCUT2D eigenvalue weighted by molar-refractivity contribution is 0.205. The van der Waals surface area contributed by atoms with Crippen molar-refractivity contribution >= 4 is 27.3 Å². The van der Waals surface area contributed by atoms with E-state index in [1.807, 2.05) is 11.3 Å². The first-order valence-corrected chi connectivity index (χ1v) is 8.00. The Hall–Kier alpha value is 0.140. The Labute approximate surface area is 117 Å². The second-order valence-corrected chi connectivity index (χ2v) is 7.97. The van der Waals surface area contributed by atoms with Gasteiger partial charge in [-0.05, 0) is 60.1 Å². The Kier molecular flexibility index (Phi) is 4.01. The van der Waals surface area contributed by atoms with Crippen LogP contribution in [0.4, 0.5) is 0 Å². The lowest BCUT2D eigenvalue weighted by Gasteiger charge is -2.33. The van der Waals surface area contributed by atoms with E-state index in [2.05, 4.69) is 55.1 Å². The van der Waals surface area contributed by atoms with E-state index >= 15 is 0 Å². The third-order valence-electron chi connectivity index (χ3n) is 4.17. The standard InChI is InChI=1S/C14H22BrNS/c1-9-8-11(15)13(17-9)12(16-4)10-6-5-7-14(10,2)3/h8,10,12,16H,5-7H2,1-4H3. The lowest BCUT2D eigenvalue weighted by atomic mass is 9.77. The Balaban J connectivity index is 2.31. The first kappa shape index (κ1) is 13.6. The van der Waals surface area contributed by atoms with Crippen molar-refractivity contribution in [1.82, 2.24) is 5.32 Å². The molecule has 1 heterocycles. The van der Waals surface area contributed by atoms with E-state index in [9.17, 15) is 0 Å². The number of aryl methyl sites for hydroxylation is 1.